The maximum absolute atomic E-state index is 6.23. The maximum atomic E-state index is 6.23. The molecule has 0 bridgehead atoms. The summed E-state index contributed by atoms with van der Waals surface area (Å²) in [6.45, 7) is 1.28. The Kier molecular flexibility index (Phi) is 11.9. The Morgan fingerprint density at radius 2 is 1.23 bits per heavy atom. The van der Waals surface area contributed by atoms with E-state index < -0.39 is 5.31 Å². The molecule has 0 amide bonds. The van der Waals surface area contributed by atoms with Gasteiger partial charge in [0.1, 0.15) is 0 Å². The molecule has 9 heteroatoms. The van der Waals surface area contributed by atoms with E-state index in [-0.39, 0.29) is 18.6 Å². The van der Waals surface area contributed by atoms with Crippen LogP contribution in [0, 0.1) is 0 Å². The van der Waals surface area contributed by atoms with Gasteiger partial charge >= 0.3 is 222 Å². The Hall–Kier alpha value is -4.16. The van der Waals surface area contributed by atoms with Crippen molar-refractivity contribution in [3.63, 3.8) is 0 Å². The fourth-order valence-electron chi connectivity index (χ4n) is 6.17. The van der Waals surface area contributed by atoms with Crippen LogP contribution in [0.5, 0.6) is 5.75 Å². The van der Waals surface area contributed by atoms with Crippen molar-refractivity contribution in [3.05, 3.63) is 157 Å². The first kappa shape index (κ1) is 35.2. The molecule has 0 aliphatic carbocycles. The minimum absolute atomic E-state index is 0. The molecule has 48 heavy (non-hydrogen) atoms. The normalized spacial score (nSPS) is 15.9. The van der Waals surface area contributed by atoms with Gasteiger partial charge in [-0.25, -0.2) is 0 Å². The second kappa shape index (κ2) is 16.3. The predicted octanol–water partition coefficient (Wildman–Crippen LogP) is 7.21. The standard InChI is InChI=1S/C39H41BrN5OP.ClH/c40-47(34-17-7-2-8-18-34,35-19-9-3-10-20-35,36-21-11-4-12-22-36)30-14-13-29-46-33-25-23-32(24-26-33)37-43-38(41)45-39(44-37)42-28-27-31-15-5-1-6-16-31;/h1-12,15-26,37H,13-14,27-30H2,(H4,41,42,43,44,45);1H. The van der Waals surface area contributed by atoms with Gasteiger partial charge in [0.05, 0.1) is 0 Å². The molecule has 248 valence electrons. The number of guanidine groups is 2. The van der Waals surface area contributed by atoms with Crippen molar-refractivity contribution in [2.75, 3.05) is 19.3 Å². The van der Waals surface area contributed by atoms with Gasteiger partial charge in [-0.3, -0.25) is 10.3 Å². The number of nitrogens with two attached hydrogens (primary N) is 1. The molecule has 0 fully saturated rings. The van der Waals surface area contributed by atoms with Crippen LogP contribution < -0.4 is 37.0 Å². The van der Waals surface area contributed by atoms with Crippen molar-refractivity contribution >= 4 is 61.0 Å². The fraction of sp³-hybridized carbons (Fsp3) is 0.179. The number of hydrogen-bond acceptors (Lipinski definition) is 4. The molecule has 1 heterocycles. The van der Waals surface area contributed by atoms with Crippen molar-refractivity contribution in [1.29, 1.82) is 0 Å². The molecule has 0 spiro atoms. The molecule has 0 aromatic heterocycles. The van der Waals surface area contributed by atoms with Crippen molar-refractivity contribution in [2.45, 2.75) is 25.4 Å². The molecule has 5 aromatic rings. The molecule has 0 saturated carbocycles. The molecule has 0 saturated heterocycles. The number of benzene rings is 5. The molecule has 1 aliphatic rings. The molecule has 4 N–H and O–H groups in total. The summed E-state index contributed by atoms with van der Waals surface area (Å²) in [4.78, 5) is 9.21. The third-order valence-corrected chi connectivity index (χ3v) is 18.7. The summed E-state index contributed by atoms with van der Waals surface area (Å²) >= 11 is 4.54. The third kappa shape index (κ3) is 7.92. The van der Waals surface area contributed by atoms with Crippen LogP contribution in [0.4, 0.5) is 0 Å². The van der Waals surface area contributed by atoms with Crippen LogP contribution >= 0.6 is 33.2 Å². The van der Waals surface area contributed by atoms with Gasteiger partial charge in [-0.2, -0.15) is 0 Å². The summed E-state index contributed by atoms with van der Waals surface area (Å²) in [5.74, 6) is 1.81. The first-order valence-corrected chi connectivity index (χ1v) is 20.5. The minimum Gasteiger partial charge on any atom is -0.297 e. The van der Waals surface area contributed by atoms with Gasteiger partial charge in [0.15, 0.2) is 0 Å². The summed E-state index contributed by atoms with van der Waals surface area (Å²) in [7, 11) is 0. The van der Waals surface area contributed by atoms with Gasteiger partial charge in [-0.15, -0.1) is 12.4 Å². The van der Waals surface area contributed by atoms with Crippen molar-refractivity contribution in [2.24, 2.45) is 15.7 Å². The van der Waals surface area contributed by atoms with Gasteiger partial charge in [0.25, 0.3) is 0 Å². The first-order chi connectivity index (χ1) is 23.0. The Morgan fingerprint density at radius 1 is 0.708 bits per heavy atom. The zero-order valence-electron chi connectivity index (χ0n) is 26.8. The molecular formula is C39H42BrClN5OP. The molecule has 6 nitrogen and oxygen atoms in total. The van der Waals surface area contributed by atoms with Crippen LogP contribution in [0.25, 0.3) is 0 Å². The van der Waals surface area contributed by atoms with Crippen LogP contribution in [0.2, 0.25) is 0 Å². The zero-order valence-corrected chi connectivity index (χ0v) is 30.1. The van der Waals surface area contributed by atoms with E-state index in [0.29, 0.717) is 25.1 Å². The molecule has 1 aliphatic heterocycles. The van der Waals surface area contributed by atoms with E-state index >= 15 is 0 Å². The van der Waals surface area contributed by atoms with Crippen molar-refractivity contribution in [3.8, 4) is 5.75 Å². The van der Waals surface area contributed by atoms with E-state index in [0.717, 1.165) is 36.7 Å². The van der Waals surface area contributed by atoms with Crippen LogP contribution in [-0.4, -0.2) is 31.2 Å². The Morgan fingerprint density at radius 3 is 1.77 bits per heavy atom. The molecule has 1 atom stereocenters. The number of aliphatic imine (C=N–C) groups is 2. The van der Waals surface area contributed by atoms with E-state index in [1.807, 2.05) is 42.5 Å². The number of hydrogen-bond donors (Lipinski definition) is 3. The Balaban J connectivity index is 0.00000451. The number of ether oxygens (including phenoxy) is 1. The second-order valence-corrected chi connectivity index (χ2v) is 20.7. The Bertz CT molecular complexity index is 1690. The minimum atomic E-state index is -2.92. The van der Waals surface area contributed by atoms with Gasteiger partial charge in [0.2, 0.25) is 0 Å². The molecule has 0 radical (unpaired) electrons. The van der Waals surface area contributed by atoms with Crippen LogP contribution in [0.15, 0.2) is 156 Å². The number of rotatable bonds is 13. The topological polar surface area (TPSA) is 84.0 Å². The smallest absolute Gasteiger partial charge is 0.297 e. The van der Waals surface area contributed by atoms with Crippen LogP contribution in [0.1, 0.15) is 30.1 Å². The quantitative estimate of drug-likeness (QED) is 0.0880. The summed E-state index contributed by atoms with van der Waals surface area (Å²) in [6.07, 6.45) is 3.45. The van der Waals surface area contributed by atoms with E-state index in [2.05, 4.69) is 139 Å². The fourth-order valence-corrected chi connectivity index (χ4v) is 13.9. The third-order valence-electron chi connectivity index (χ3n) is 8.62. The number of halogens is 2. The summed E-state index contributed by atoms with van der Waals surface area (Å²) in [6, 6.07) is 51.2. The van der Waals surface area contributed by atoms with E-state index in [1.54, 1.807) is 0 Å². The summed E-state index contributed by atoms with van der Waals surface area (Å²) in [5.41, 5.74) is 8.34. The van der Waals surface area contributed by atoms with Crippen molar-refractivity contribution in [1.82, 2.24) is 10.6 Å². The van der Waals surface area contributed by atoms with Crippen molar-refractivity contribution < 1.29 is 4.74 Å². The number of nitrogens with zero attached hydrogens (tertiary/aromatic N) is 2. The molecule has 5 aromatic carbocycles. The average molecular weight is 743 g/mol. The predicted molar refractivity (Wildman–Crippen MR) is 210 cm³/mol. The number of unbranched alkanes of at least 4 members (excludes halogenated alkanes) is 1. The monoisotopic (exact) mass is 741 g/mol. The van der Waals surface area contributed by atoms with E-state index in [1.165, 1.54) is 21.5 Å². The molecular weight excluding hydrogens is 701 g/mol. The average Bonchev–Trinajstić information content (AvgIpc) is 3.13. The zero-order chi connectivity index (χ0) is 32.4. The van der Waals surface area contributed by atoms with Gasteiger partial charge < -0.3 is 5.73 Å². The summed E-state index contributed by atoms with van der Waals surface area (Å²) in [5, 5.41) is 7.49. The molecule has 1 unspecified atom stereocenters. The second-order valence-electron chi connectivity index (χ2n) is 11.7. The van der Waals surface area contributed by atoms with Crippen LogP contribution in [0.3, 0.4) is 0 Å². The Labute approximate surface area is 298 Å². The van der Waals surface area contributed by atoms with E-state index in [9.17, 15) is 0 Å². The van der Waals surface area contributed by atoms with Gasteiger partial charge in [-0.05, 0) is 12.0 Å². The van der Waals surface area contributed by atoms with Crippen LogP contribution in [-0.2, 0) is 6.42 Å². The summed E-state index contributed by atoms with van der Waals surface area (Å²) < 4.78 is 6.23. The van der Waals surface area contributed by atoms with Gasteiger partial charge in [0, 0.05) is 6.54 Å². The SMILES string of the molecule is Cl.NC1=NC(c2ccc(OCCCCP(Br)(c3ccccc3)(c3ccccc3)c3ccccc3)cc2)NC(=NCCc2ccccc2)N1. The first-order valence-electron chi connectivity index (χ1n) is 16.1. The van der Waals surface area contributed by atoms with Gasteiger partial charge in [-0.1, -0.05) is 30.3 Å². The molecule has 6 rings (SSSR count). The van der Waals surface area contributed by atoms with E-state index in [4.69, 9.17) is 10.5 Å². The number of nitrogens with one attached hydrogen (secondary N) is 2.